The van der Waals surface area contributed by atoms with Gasteiger partial charge in [-0.05, 0) is 6.07 Å². The average Bonchev–Trinajstić information content (AvgIpc) is 2.30. The highest BCUT2D eigenvalue weighted by molar-refractivity contribution is 5.25. The minimum atomic E-state index is -0.212. The Morgan fingerprint density at radius 1 is 1.05 bits per heavy atom. The normalized spacial score (nSPS) is 12.3. The summed E-state index contributed by atoms with van der Waals surface area (Å²) in [5.74, 6) is 0.484. The van der Waals surface area contributed by atoms with Crippen LogP contribution in [-0.4, -0.2) is 22.0 Å². The van der Waals surface area contributed by atoms with E-state index in [-0.39, 0.29) is 17.7 Å². The molecule has 0 saturated heterocycles. The zero-order valence-electron chi connectivity index (χ0n) is 10.6. The summed E-state index contributed by atoms with van der Waals surface area (Å²) >= 11 is 0. The molecule has 1 aromatic heterocycles. The fourth-order valence-corrected chi connectivity index (χ4v) is 1.84. The van der Waals surface area contributed by atoms with Gasteiger partial charge in [-0.2, -0.15) is 15.0 Å². The van der Waals surface area contributed by atoms with Crippen LogP contribution in [0.4, 0.5) is 16.3 Å². The van der Waals surface area contributed by atoms with E-state index in [4.69, 9.17) is 11.5 Å². The highest BCUT2D eigenvalue weighted by Crippen LogP contribution is 2.04. The molecule has 0 spiro atoms. The van der Waals surface area contributed by atoms with Crippen molar-refractivity contribution in [3.05, 3.63) is 41.5 Å². The largest absolute Gasteiger partial charge is 0.368 e. The van der Waals surface area contributed by atoms with Crippen molar-refractivity contribution in [3.63, 3.8) is 0 Å². The first-order valence-corrected chi connectivity index (χ1v) is 5.85. The van der Waals surface area contributed by atoms with Crippen molar-refractivity contribution < 1.29 is 9.29 Å². The molecular weight excluding hydrogens is 247 g/mol. The summed E-state index contributed by atoms with van der Waals surface area (Å²) in [6.07, 6.45) is 0. The van der Waals surface area contributed by atoms with Crippen LogP contribution in [0.1, 0.15) is 11.4 Å². The third kappa shape index (κ3) is 3.59. The van der Waals surface area contributed by atoms with E-state index in [1.807, 2.05) is 13.1 Å². The predicted molar refractivity (Wildman–Crippen MR) is 69.3 cm³/mol. The quantitative estimate of drug-likeness (QED) is 0.684. The van der Waals surface area contributed by atoms with Gasteiger partial charge in [-0.25, -0.2) is 4.39 Å². The van der Waals surface area contributed by atoms with Gasteiger partial charge in [0.2, 0.25) is 11.9 Å². The molecule has 2 rings (SSSR count). The van der Waals surface area contributed by atoms with Crippen molar-refractivity contribution in [2.75, 3.05) is 18.5 Å². The molecule has 1 aromatic carbocycles. The molecule has 0 aliphatic heterocycles. The number of nitrogens with one attached hydrogen (secondary N) is 1. The lowest BCUT2D eigenvalue weighted by atomic mass is 10.2. The standard InChI is InChI=1S/C12H15FN6/c1-19(6-8-4-2-3-5-9(8)13)7-10-16-11(14)18-12(15)17-10/h2-5H,6-7H2,1H3,(H4,14,15,16,17,18)/p+1. The smallest absolute Gasteiger partial charge is 0.225 e. The number of rotatable bonds is 4. The first-order valence-electron chi connectivity index (χ1n) is 5.85. The number of benzene rings is 1. The van der Waals surface area contributed by atoms with Gasteiger partial charge < -0.3 is 16.4 Å². The molecule has 5 N–H and O–H groups in total. The number of nitrogens with two attached hydrogens (primary N) is 2. The summed E-state index contributed by atoms with van der Waals surface area (Å²) in [5.41, 5.74) is 11.6. The molecule has 2 aromatic rings. The number of anilines is 2. The molecule has 1 unspecified atom stereocenters. The molecule has 0 bridgehead atoms. The van der Waals surface area contributed by atoms with Crippen LogP contribution in [0.15, 0.2) is 24.3 Å². The molecule has 0 saturated carbocycles. The van der Waals surface area contributed by atoms with Crippen molar-refractivity contribution >= 4 is 11.9 Å². The van der Waals surface area contributed by atoms with Crippen LogP contribution in [0, 0.1) is 5.82 Å². The van der Waals surface area contributed by atoms with Crippen molar-refractivity contribution in [3.8, 4) is 0 Å². The second-order valence-electron chi connectivity index (χ2n) is 4.37. The van der Waals surface area contributed by atoms with Gasteiger partial charge >= 0.3 is 0 Å². The van der Waals surface area contributed by atoms with E-state index in [9.17, 15) is 4.39 Å². The summed E-state index contributed by atoms with van der Waals surface area (Å²) in [4.78, 5) is 12.7. The van der Waals surface area contributed by atoms with Crippen LogP contribution >= 0.6 is 0 Å². The number of halogens is 1. The van der Waals surface area contributed by atoms with Crippen LogP contribution in [0.3, 0.4) is 0 Å². The maximum Gasteiger partial charge on any atom is 0.225 e. The zero-order valence-corrected chi connectivity index (χ0v) is 10.6. The van der Waals surface area contributed by atoms with Gasteiger partial charge in [0.25, 0.3) is 0 Å². The minimum absolute atomic E-state index is 0.0983. The van der Waals surface area contributed by atoms with E-state index in [0.717, 1.165) is 4.90 Å². The van der Waals surface area contributed by atoms with Crippen LogP contribution < -0.4 is 16.4 Å². The fraction of sp³-hybridized carbons (Fsp3) is 0.250. The Morgan fingerprint density at radius 2 is 1.68 bits per heavy atom. The Bertz CT molecular complexity index is 554. The van der Waals surface area contributed by atoms with Gasteiger partial charge in [0, 0.05) is 5.56 Å². The van der Waals surface area contributed by atoms with E-state index in [1.54, 1.807) is 12.1 Å². The summed E-state index contributed by atoms with van der Waals surface area (Å²) in [7, 11) is 1.92. The maximum absolute atomic E-state index is 13.5. The summed E-state index contributed by atoms with van der Waals surface area (Å²) in [5, 5.41) is 0. The van der Waals surface area contributed by atoms with Gasteiger partial charge in [0.1, 0.15) is 18.9 Å². The number of hydrogen-bond acceptors (Lipinski definition) is 5. The molecule has 1 atom stereocenters. The van der Waals surface area contributed by atoms with E-state index in [2.05, 4.69) is 15.0 Å². The minimum Gasteiger partial charge on any atom is -0.368 e. The number of nitrogen functional groups attached to an aromatic ring is 2. The van der Waals surface area contributed by atoms with E-state index in [0.29, 0.717) is 24.5 Å². The van der Waals surface area contributed by atoms with E-state index >= 15 is 0 Å². The number of aromatic nitrogens is 3. The molecule has 1 heterocycles. The Balaban J connectivity index is 2.05. The summed E-state index contributed by atoms with van der Waals surface area (Å²) < 4.78 is 13.5. The SMILES string of the molecule is C[NH+](Cc1nc(N)nc(N)n1)Cc1ccccc1F. The zero-order chi connectivity index (χ0) is 13.8. The van der Waals surface area contributed by atoms with Crippen molar-refractivity contribution in [2.24, 2.45) is 0 Å². The Morgan fingerprint density at radius 3 is 2.32 bits per heavy atom. The monoisotopic (exact) mass is 263 g/mol. The average molecular weight is 263 g/mol. The van der Waals surface area contributed by atoms with Crippen LogP contribution in [0.2, 0.25) is 0 Å². The molecule has 7 heteroatoms. The van der Waals surface area contributed by atoms with Gasteiger partial charge in [-0.15, -0.1) is 0 Å². The molecule has 0 aliphatic carbocycles. The molecule has 0 amide bonds. The lowest BCUT2D eigenvalue weighted by Crippen LogP contribution is -3.06. The molecule has 0 radical (unpaired) electrons. The van der Waals surface area contributed by atoms with Gasteiger partial charge in [0.05, 0.1) is 7.05 Å². The number of quaternary nitrogens is 1. The Hall–Kier alpha value is -2.28. The topological polar surface area (TPSA) is 95.2 Å². The van der Waals surface area contributed by atoms with Crippen molar-refractivity contribution in [1.82, 2.24) is 15.0 Å². The first-order chi connectivity index (χ1) is 9.04. The highest BCUT2D eigenvalue weighted by Gasteiger charge is 2.11. The number of nitrogens with zero attached hydrogens (tertiary/aromatic N) is 3. The fourth-order valence-electron chi connectivity index (χ4n) is 1.84. The second-order valence-corrected chi connectivity index (χ2v) is 4.37. The van der Waals surface area contributed by atoms with Crippen LogP contribution in [0.25, 0.3) is 0 Å². The molecule has 100 valence electrons. The highest BCUT2D eigenvalue weighted by atomic mass is 19.1. The Kier molecular flexibility index (Phi) is 3.86. The molecule has 0 fully saturated rings. The predicted octanol–water partition coefficient (Wildman–Crippen LogP) is -0.610. The lowest BCUT2D eigenvalue weighted by molar-refractivity contribution is -0.908. The molecule has 19 heavy (non-hydrogen) atoms. The molecular formula is C12H16FN6+. The molecule has 0 aliphatic rings. The van der Waals surface area contributed by atoms with Gasteiger partial charge in [0.15, 0.2) is 5.82 Å². The van der Waals surface area contributed by atoms with Crippen LogP contribution in [0.5, 0.6) is 0 Å². The molecule has 6 nitrogen and oxygen atoms in total. The Labute approximate surface area is 110 Å². The summed E-state index contributed by atoms with van der Waals surface area (Å²) in [6.45, 7) is 1.02. The first kappa shape index (κ1) is 13.2. The van der Waals surface area contributed by atoms with Crippen molar-refractivity contribution in [2.45, 2.75) is 13.1 Å². The number of hydrogen-bond donors (Lipinski definition) is 3. The second kappa shape index (κ2) is 5.57. The van der Waals surface area contributed by atoms with E-state index in [1.165, 1.54) is 6.07 Å². The maximum atomic E-state index is 13.5. The third-order valence-corrected chi connectivity index (χ3v) is 2.63. The van der Waals surface area contributed by atoms with Crippen LogP contribution in [-0.2, 0) is 13.1 Å². The lowest BCUT2D eigenvalue weighted by Gasteiger charge is -2.13. The summed E-state index contributed by atoms with van der Waals surface area (Å²) in [6, 6.07) is 6.68. The van der Waals surface area contributed by atoms with E-state index < -0.39 is 0 Å². The third-order valence-electron chi connectivity index (χ3n) is 2.63. The van der Waals surface area contributed by atoms with Crippen molar-refractivity contribution in [1.29, 1.82) is 0 Å². The van der Waals surface area contributed by atoms with Gasteiger partial charge in [-0.3, -0.25) is 0 Å². The van der Waals surface area contributed by atoms with Gasteiger partial charge in [-0.1, -0.05) is 18.2 Å².